The number of hydrogen-bond donors (Lipinski definition) is 0. The molecular weight excluding hydrogens is 188 g/mol. The molecule has 11 heavy (non-hydrogen) atoms. The molecule has 66 valence electrons. The van der Waals surface area contributed by atoms with E-state index in [0.29, 0.717) is 0 Å². The Morgan fingerprint density at radius 2 is 1.82 bits per heavy atom. The van der Waals surface area contributed by atoms with Crippen LogP contribution in [0.2, 0.25) is 36.3 Å². The monoisotopic (exact) mass is 206 g/mol. The molecule has 0 unspecified atom stereocenters. The largest absolute Gasteiger partial charge is 0.167 e. The minimum Gasteiger partial charge on any atom is -0.167 e. The maximum Gasteiger partial charge on any atom is 0.155 e. The molecule has 1 aliphatic rings. The molecule has 0 atom stereocenters. The Morgan fingerprint density at radius 3 is 2.18 bits per heavy atom. The van der Waals surface area contributed by atoms with Crippen LogP contribution in [-0.4, -0.2) is 16.2 Å². The van der Waals surface area contributed by atoms with E-state index in [4.69, 9.17) is 11.1 Å². The van der Waals surface area contributed by atoms with Gasteiger partial charge in [0.25, 0.3) is 0 Å². The van der Waals surface area contributed by atoms with Crippen molar-refractivity contribution in [2.75, 3.05) is 0 Å². The van der Waals surface area contributed by atoms with Gasteiger partial charge in [0.15, 0.2) is 7.38 Å². The first-order chi connectivity index (χ1) is 5.20. The fraction of sp³-hybridized carbons (Fsp3) is 1.00. The van der Waals surface area contributed by atoms with Crippen molar-refractivity contribution < 1.29 is 0 Å². The molecule has 0 aromatic heterocycles. The minimum absolute atomic E-state index is 0.251. The van der Waals surface area contributed by atoms with Gasteiger partial charge >= 0.3 is 0 Å². The molecule has 1 rings (SSSR count). The van der Waals surface area contributed by atoms with Gasteiger partial charge in [-0.25, -0.2) is 0 Å². The standard InChI is InChI=1S/C8H19ClSi2/c1-3-10-5-7-11(9,4-2)8-6-10/h10H,3-8H2,1-2H3. The third kappa shape index (κ3) is 2.60. The van der Waals surface area contributed by atoms with E-state index >= 15 is 0 Å². The van der Waals surface area contributed by atoms with Crippen LogP contribution < -0.4 is 0 Å². The van der Waals surface area contributed by atoms with Gasteiger partial charge in [-0.15, -0.1) is 0 Å². The lowest BCUT2D eigenvalue weighted by Crippen LogP contribution is -2.34. The zero-order valence-corrected chi connectivity index (χ0v) is 10.6. The summed E-state index contributed by atoms with van der Waals surface area (Å²) in [4.78, 5) is 0. The summed E-state index contributed by atoms with van der Waals surface area (Å²) in [6.45, 7) is 4.65. The van der Waals surface area contributed by atoms with Crippen molar-refractivity contribution in [1.29, 1.82) is 0 Å². The molecule has 1 aliphatic heterocycles. The lowest BCUT2D eigenvalue weighted by Gasteiger charge is -2.31. The zero-order valence-electron chi connectivity index (χ0n) is 7.70. The third-order valence-electron chi connectivity index (χ3n) is 3.21. The summed E-state index contributed by atoms with van der Waals surface area (Å²) >= 11 is 6.54. The van der Waals surface area contributed by atoms with Gasteiger partial charge in [-0.2, -0.15) is 11.1 Å². The van der Waals surface area contributed by atoms with Crippen LogP contribution in [0.3, 0.4) is 0 Å². The fourth-order valence-electron chi connectivity index (χ4n) is 1.96. The molecule has 3 heteroatoms. The molecule has 0 aromatic carbocycles. The molecule has 1 saturated heterocycles. The average molecular weight is 207 g/mol. The van der Waals surface area contributed by atoms with Crippen LogP contribution in [-0.2, 0) is 0 Å². The molecule has 0 nitrogen and oxygen atoms in total. The third-order valence-corrected chi connectivity index (χ3v) is 13.3. The normalized spacial score (nSPS) is 39.0. The quantitative estimate of drug-likeness (QED) is 0.480. The first kappa shape index (κ1) is 9.81. The van der Waals surface area contributed by atoms with E-state index < -0.39 is 7.38 Å². The summed E-state index contributed by atoms with van der Waals surface area (Å²) in [6.07, 6.45) is 0. The van der Waals surface area contributed by atoms with Crippen LogP contribution in [0.15, 0.2) is 0 Å². The van der Waals surface area contributed by atoms with Crippen LogP contribution in [0, 0.1) is 0 Å². The highest BCUT2D eigenvalue weighted by Crippen LogP contribution is 2.36. The predicted octanol–water partition coefficient (Wildman–Crippen LogP) is 3.45. The summed E-state index contributed by atoms with van der Waals surface area (Å²) in [5.41, 5.74) is 0. The molecule has 1 heterocycles. The van der Waals surface area contributed by atoms with Crippen LogP contribution in [0.1, 0.15) is 13.8 Å². The van der Waals surface area contributed by atoms with Gasteiger partial charge in [0.05, 0.1) is 0 Å². The predicted molar refractivity (Wildman–Crippen MR) is 58.9 cm³/mol. The molecule has 0 spiro atoms. The molecule has 0 aromatic rings. The van der Waals surface area contributed by atoms with E-state index in [9.17, 15) is 0 Å². The molecule has 0 amide bonds. The van der Waals surface area contributed by atoms with Crippen LogP contribution in [0.5, 0.6) is 0 Å². The molecule has 0 N–H and O–H groups in total. The van der Waals surface area contributed by atoms with Crippen molar-refractivity contribution in [2.24, 2.45) is 0 Å². The van der Waals surface area contributed by atoms with E-state index in [0.717, 1.165) is 0 Å². The highest BCUT2D eigenvalue weighted by molar-refractivity contribution is 7.21. The van der Waals surface area contributed by atoms with Crippen molar-refractivity contribution in [3.63, 3.8) is 0 Å². The SMILES string of the molecule is CC[SiH]1CC[Si](Cl)(CC)CC1. The van der Waals surface area contributed by atoms with E-state index in [1.165, 1.54) is 24.2 Å². The van der Waals surface area contributed by atoms with Gasteiger partial charge in [-0.05, 0) is 18.1 Å². The Labute approximate surface area is 77.7 Å². The van der Waals surface area contributed by atoms with Crippen molar-refractivity contribution in [1.82, 2.24) is 0 Å². The van der Waals surface area contributed by atoms with E-state index in [-0.39, 0.29) is 8.80 Å². The molecular formula is C8H19ClSi2. The first-order valence-electron chi connectivity index (χ1n) is 4.89. The second kappa shape index (κ2) is 4.10. The second-order valence-corrected chi connectivity index (χ2v) is 14.0. The minimum atomic E-state index is -1.16. The summed E-state index contributed by atoms with van der Waals surface area (Å²) < 4.78 is 0. The average Bonchev–Trinajstić information content (AvgIpc) is 2.06. The van der Waals surface area contributed by atoms with Crippen molar-refractivity contribution in [3.8, 4) is 0 Å². The van der Waals surface area contributed by atoms with Crippen molar-refractivity contribution in [2.45, 2.75) is 50.1 Å². The first-order valence-corrected chi connectivity index (χ1v) is 11.0. The molecule has 0 radical (unpaired) electrons. The van der Waals surface area contributed by atoms with E-state index in [1.54, 1.807) is 12.1 Å². The smallest absolute Gasteiger partial charge is 0.155 e. The topological polar surface area (TPSA) is 0 Å². The summed E-state index contributed by atoms with van der Waals surface area (Å²) in [6, 6.07) is 8.80. The van der Waals surface area contributed by atoms with Gasteiger partial charge in [0, 0.05) is 8.80 Å². The maximum absolute atomic E-state index is 6.54. The van der Waals surface area contributed by atoms with Gasteiger partial charge in [-0.3, -0.25) is 0 Å². The molecule has 0 saturated carbocycles. The number of hydrogen-bond acceptors (Lipinski definition) is 0. The Hall–Kier alpha value is 0.724. The summed E-state index contributed by atoms with van der Waals surface area (Å²) in [7, 11) is -1.41. The zero-order chi connectivity index (χ0) is 8.32. The Kier molecular flexibility index (Phi) is 3.66. The second-order valence-electron chi connectivity index (χ2n) is 3.86. The van der Waals surface area contributed by atoms with E-state index in [1.807, 2.05) is 0 Å². The Balaban J connectivity index is 2.35. The Morgan fingerprint density at radius 1 is 1.27 bits per heavy atom. The van der Waals surface area contributed by atoms with Gasteiger partial charge in [-0.1, -0.05) is 32.0 Å². The Bertz CT molecular complexity index is 119. The lowest BCUT2D eigenvalue weighted by atomic mass is 10.9. The van der Waals surface area contributed by atoms with Crippen molar-refractivity contribution in [3.05, 3.63) is 0 Å². The maximum atomic E-state index is 6.54. The van der Waals surface area contributed by atoms with Crippen LogP contribution in [0.25, 0.3) is 0 Å². The molecule has 0 bridgehead atoms. The van der Waals surface area contributed by atoms with Crippen LogP contribution in [0.4, 0.5) is 0 Å². The molecule has 1 fully saturated rings. The highest BCUT2D eigenvalue weighted by atomic mass is 35.6. The summed E-state index contributed by atoms with van der Waals surface area (Å²) in [5, 5.41) is 0. The number of rotatable bonds is 2. The lowest BCUT2D eigenvalue weighted by molar-refractivity contribution is 1.11. The van der Waals surface area contributed by atoms with Gasteiger partial charge in [0.1, 0.15) is 0 Å². The van der Waals surface area contributed by atoms with Crippen LogP contribution >= 0.6 is 11.1 Å². The van der Waals surface area contributed by atoms with E-state index in [2.05, 4.69) is 13.8 Å². The van der Waals surface area contributed by atoms with Gasteiger partial charge < -0.3 is 0 Å². The number of halogens is 1. The van der Waals surface area contributed by atoms with Gasteiger partial charge in [0.2, 0.25) is 0 Å². The fourth-order valence-corrected chi connectivity index (χ4v) is 13.4. The van der Waals surface area contributed by atoms with Crippen molar-refractivity contribution >= 4 is 27.3 Å². The highest BCUT2D eigenvalue weighted by Gasteiger charge is 2.33. The molecule has 0 aliphatic carbocycles. The summed E-state index contributed by atoms with van der Waals surface area (Å²) in [5.74, 6) is 0.